The second kappa shape index (κ2) is 8.98. The molecule has 1 aromatic carbocycles. The van der Waals surface area contributed by atoms with Gasteiger partial charge in [0.25, 0.3) is 0 Å². The zero-order chi connectivity index (χ0) is 21.2. The van der Waals surface area contributed by atoms with Crippen LogP contribution in [0.25, 0.3) is 21.7 Å². The first-order valence-corrected chi connectivity index (χ1v) is 12.3. The Morgan fingerprint density at radius 3 is 2.97 bits per heavy atom. The molecule has 1 atom stereocenters. The molecule has 3 aromatic heterocycles. The van der Waals surface area contributed by atoms with E-state index in [1.807, 2.05) is 23.6 Å². The third-order valence-electron chi connectivity index (χ3n) is 5.53. The van der Waals surface area contributed by atoms with Crippen LogP contribution in [-0.4, -0.2) is 27.5 Å². The molecule has 31 heavy (non-hydrogen) atoms. The van der Waals surface area contributed by atoms with Crippen molar-refractivity contribution in [2.45, 2.75) is 49.7 Å². The highest BCUT2D eigenvalue weighted by Crippen LogP contribution is 2.31. The van der Waals surface area contributed by atoms with Gasteiger partial charge in [-0.25, -0.2) is 4.79 Å². The van der Waals surface area contributed by atoms with E-state index in [1.54, 1.807) is 29.2 Å². The minimum Gasteiger partial charge on any atom is -0.423 e. The van der Waals surface area contributed by atoms with Crippen LogP contribution in [0.3, 0.4) is 0 Å². The quantitative estimate of drug-likeness (QED) is 0.285. The molecule has 6 nitrogen and oxygen atoms in total. The van der Waals surface area contributed by atoms with E-state index in [2.05, 4.69) is 33.8 Å². The van der Waals surface area contributed by atoms with Crippen molar-refractivity contribution in [3.05, 3.63) is 63.3 Å². The number of rotatable bonds is 7. The number of thioether (sulfide) groups is 1. The highest BCUT2D eigenvalue weighted by Gasteiger charge is 2.22. The lowest BCUT2D eigenvalue weighted by atomic mass is 10.1. The Morgan fingerprint density at radius 1 is 1.26 bits per heavy atom. The van der Waals surface area contributed by atoms with Crippen molar-refractivity contribution in [3.8, 4) is 10.7 Å². The molecule has 4 heterocycles. The molecular weight excluding hydrogens is 430 g/mol. The molecule has 0 saturated carbocycles. The first kappa shape index (κ1) is 20.5. The maximum absolute atomic E-state index is 12.1. The predicted octanol–water partition coefficient (Wildman–Crippen LogP) is 5.15. The molecule has 1 aliphatic heterocycles. The van der Waals surface area contributed by atoms with Gasteiger partial charge in [0.05, 0.1) is 17.5 Å². The van der Waals surface area contributed by atoms with Gasteiger partial charge in [0.2, 0.25) is 0 Å². The van der Waals surface area contributed by atoms with Crippen LogP contribution in [0.4, 0.5) is 0 Å². The van der Waals surface area contributed by atoms with Crippen LogP contribution in [0.2, 0.25) is 0 Å². The maximum atomic E-state index is 12.1. The summed E-state index contributed by atoms with van der Waals surface area (Å²) in [6, 6.07) is 11.8. The Balaban J connectivity index is 1.46. The zero-order valence-electron chi connectivity index (χ0n) is 17.2. The molecule has 0 amide bonds. The van der Waals surface area contributed by atoms with E-state index in [4.69, 9.17) is 9.15 Å². The average molecular weight is 454 g/mol. The zero-order valence-corrected chi connectivity index (χ0v) is 18.9. The summed E-state index contributed by atoms with van der Waals surface area (Å²) in [7, 11) is 0. The molecule has 5 rings (SSSR count). The number of thiophene rings is 1. The molecule has 0 N–H and O–H groups in total. The largest absolute Gasteiger partial charge is 0.423 e. The summed E-state index contributed by atoms with van der Waals surface area (Å²) in [5, 5.41) is 12.8. The van der Waals surface area contributed by atoms with Crippen molar-refractivity contribution in [2.75, 3.05) is 6.61 Å². The minimum atomic E-state index is -0.323. The second-order valence-electron chi connectivity index (χ2n) is 7.59. The highest BCUT2D eigenvalue weighted by molar-refractivity contribution is 7.98. The van der Waals surface area contributed by atoms with E-state index < -0.39 is 0 Å². The van der Waals surface area contributed by atoms with Crippen LogP contribution in [0.5, 0.6) is 0 Å². The number of aryl methyl sites for hydroxylation is 1. The van der Waals surface area contributed by atoms with Crippen molar-refractivity contribution in [3.63, 3.8) is 0 Å². The van der Waals surface area contributed by atoms with Crippen LogP contribution in [0.1, 0.15) is 30.9 Å². The van der Waals surface area contributed by atoms with E-state index >= 15 is 0 Å². The molecule has 0 aliphatic carbocycles. The standard InChI is InChI=1S/C23H23N3O3S2/c1-2-15-7-8-18-16(12-21(27)29-19(18)11-15)14-31-23-25-24-22(20-6-4-10-30-20)26(23)13-17-5-3-9-28-17/h4,6-8,10-12,17H,2-3,5,9,13-14H2,1H3/t17-/m1/s1. The highest BCUT2D eigenvalue weighted by atomic mass is 32.2. The first-order chi connectivity index (χ1) is 15.2. The van der Waals surface area contributed by atoms with Gasteiger partial charge in [0.1, 0.15) is 5.58 Å². The van der Waals surface area contributed by atoms with Gasteiger partial charge in [-0.15, -0.1) is 21.5 Å². The van der Waals surface area contributed by atoms with Crippen molar-refractivity contribution >= 4 is 34.1 Å². The molecule has 160 valence electrons. The van der Waals surface area contributed by atoms with Gasteiger partial charge in [-0.05, 0) is 47.9 Å². The van der Waals surface area contributed by atoms with Gasteiger partial charge >= 0.3 is 5.63 Å². The molecule has 1 fully saturated rings. The van der Waals surface area contributed by atoms with Crippen molar-refractivity contribution in [1.82, 2.24) is 14.8 Å². The Morgan fingerprint density at radius 2 is 2.19 bits per heavy atom. The lowest BCUT2D eigenvalue weighted by Gasteiger charge is -2.14. The third kappa shape index (κ3) is 4.33. The molecule has 0 radical (unpaired) electrons. The van der Waals surface area contributed by atoms with Gasteiger partial charge in [-0.2, -0.15) is 0 Å². The maximum Gasteiger partial charge on any atom is 0.336 e. The fraction of sp³-hybridized carbons (Fsp3) is 0.348. The molecular formula is C23H23N3O3S2. The van der Waals surface area contributed by atoms with E-state index in [0.717, 1.165) is 64.8 Å². The van der Waals surface area contributed by atoms with E-state index in [-0.39, 0.29) is 11.7 Å². The SMILES string of the molecule is CCc1ccc2c(CSc3nnc(-c4cccs4)n3C[C@H]3CCCO3)cc(=O)oc2c1. The van der Waals surface area contributed by atoms with Crippen molar-refractivity contribution in [1.29, 1.82) is 0 Å². The van der Waals surface area contributed by atoms with Gasteiger partial charge in [0, 0.05) is 23.8 Å². The Labute approximate surface area is 188 Å². The minimum absolute atomic E-state index is 0.186. The van der Waals surface area contributed by atoms with Gasteiger partial charge in [-0.1, -0.05) is 36.9 Å². The fourth-order valence-electron chi connectivity index (χ4n) is 3.90. The summed E-state index contributed by atoms with van der Waals surface area (Å²) in [5.41, 5.74) is 2.42. The molecule has 1 saturated heterocycles. The number of hydrogen-bond donors (Lipinski definition) is 0. The first-order valence-electron chi connectivity index (χ1n) is 10.5. The van der Waals surface area contributed by atoms with Crippen molar-refractivity contribution in [2.24, 2.45) is 0 Å². The lowest BCUT2D eigenvalue weighted by Crippen LogP contribution is -2.16. The number of fused-ring (bicyclic) bond motifs is 1. The number of nitrogens with zero attached hydrogens (tertiary/aromatic N) is 3. The molecule has 4 aromatic rings. The van der Waals surface area contributed by atoms with Crippen LogP contribution >= 0.6 is 23.1 Å². The van der Waals surface area contributed by atoms with Crippen LogP contribution in [-0.2, 0) is 23.5 Å². The van der Waals surface area contributed by atoms with Crippen LogP contribution < -0.4 is 5.63 Å². The summed E-state index contributed by atoms with van der Waals surface area (Å²) < 4.78 is 13.5. The summed E-state index contributed by atoms with van der Waals surface area (Å²) in [4.78, 5) is 13.2. The Hall–Kier alpha value is -2.42. The van der Waals surface area contributed by atoms with E-state index in [9.17, 15) is 4.79 Å². The van der Waals surface area contributed by atoms with Crippen LogP contribution in [0, 0.1) is 0 Å². The second-order valence-corrected chi connectivity index (χ2v) is 9.48. The predicted molar refractivity (Wildman–Crippen MR) is 124 cm³/mol. The summed E-state index contributed by atoms with van der Waals surface area (Å²) in [5.74, 6) is 1.49. The molecule has 0 bridgehead atoms. The molecule has 1 aliphatic rings. The summed E-state index contributed by atoms with van der Waals surface area (Å²) >= 11 is 3.25. The average Bonchev–Trinajstić information content (AvgIpc) is 3.54. The summed E-state index contributed by atoms with van der Waals surface area (Å²) in [6.07, 6.45) is 3.23. The lowest BCUT2D eigenvalue weighted by molar-refractivity contribution is 0.0953. The van der Waals surface area contributed by atoms with Gasteiger partial charge in [0.15, 0.2) is 11.0 Å². The van der Waals surface area contributed by atoms with E-state index in [1.165, 1.54) is 0 Å². The third-order valence-corrected chi connectivity index (χ3v) is 7.41. The van der Waals surface area contributed by atoms with Crippen molar-refractivity contribution < 1.29 is 9.15 Å². The fourth-order valence-corrected chi connectivity index (χ4v) is 5.55. The Bertz CT molecular complexity index is 1240. The molecule has 8 heteroatoms. The number of benzene rings is 1. The van der Waals surface area contributed by atoms with Gasteiger partial charge in [-0.3, -0.25) is 4.57 Å². The topological polar surface area (TPSA) is 70.2 Å². The number of aromatic nitrogens is 3. The Kier molecular flexibility index (Phi) is 5.93. The molecule has 0 unspecified atom stereocenters. The molecule has 0 spiro atoms. The summed E-state index contributed by atoms with van der Waals surface area (Å²) in [6.45, 7) is 3.64. The number of hydrogen-bond acceptors (Lipinski definition) is 7. The monoisotopic (exact) mass is 453 g/mol. The van der Waals surface area contributed by atoms with Gasteiger partial charge < -0.3 is 9.15 Å². The number of ether oxygens (including phenoxy) is 1. The normalized spacial score (nSPS) is 16.4. The smallest absolute Gasteiger partial charge is 0.336 e. The van der Waals surface area contributed by atoms with Crippen LogP contribution in [0.15, 0.2) is 56.1 Å². The van der Waals surface area contributed by atoms with E-state index in [0.29, 0.717) is 11.3 Å².